The minimum Gasteiger partial charge on any atom is -0.456 e. The van der Waals surface area contributed by atoms with Crippen LogP contribution in [-0.4, -0.2) is 74.3 Å². The van der Waals surface area contributed by atoms with E-state index < -0.39 is 20.0 Å². The summed E-state index contributed by atoms with van der Waals surface area (Å²) in [5.41, 5.74) is 0. The number of phosphoric acid groups is 1. The van der Waals surface area contributed by atoms with Gasteiger partial charge >= 0.3 is 13.8 Å². The second kappa shape index (κ2) is 63.7. The zero-order valence-corrected chi connectivity index (χ0v) is 57.0. The van der Waals surface area contributed by atoms with Gasteiger partial charge in [-0.05, 0) is 122 Å². The molecule has 0 aliphatic carbocycles. The van der Waals surface area contributed by atoms with Crippen LogP contribution in [-0.2, 0) is 27.9 Å². The highest BCUT2D eigenvalue weighted by Gasteiger charge is 2.30. The van der Waals surface area contributed by atoms with Crippen molar-refractivity contribution in [2.75, 3.05) is 40.9 Å². The molecule has 1 amide bonds. The summed E-state index contributed by atoms with van der Waals surface area (Å²) in [6, 6.07) is -0.867. The molecular weight excluding hydrogens is 1070 g/mol. The predicted molar refractivity (Wildman–Crippen MR) is 369 cm³/mol. The molecule has 0 bridgehead atoms. The van der Waals surface area contributed by atoms with Crippen LogP contribution in [0, 0.1) is 0 Å². The van der Waals surface area contributed by atoms with Gasteiger partial charge in [-0.25, -0.2) is 4.57 Å². The maximum absolute atomic E-state index is 13.6. The quantitative estimate of drug-likeness (QED) is 0.0205. The van der Waals surface area contributed by atoms with Gasteiger partial charge < -0.3 is 19.4 Å². The van der Waals surface area contributed by atoms with Gasteiger partial charge in [0.05, 0.1) is 33.8 Å². The first-order valence-electron chi connectivity index (χ1n) is 35.2. The van der Waals surface area contributed by atoms with E-state index in [1.165, 1.54) is 154 Å². The van der Waals surface area contributed by atoms with Crippen molar-refractivity contribution in [1.82, 2.24) is 5.32 Å². The largest absolute Gasteiger partial charge is 0.472 e. The van der Waals surface area contributed by atoms with Crippen molar-refractivity contribution >= 4 is 19.7 Å². The third-order valence-electron chi connectivity index (χ3n) is 15.2. The standard InChI is InChI=1S/C75H133N2O7P/c1-7-10-13-16-19-22-25-27-29-31-33-35-36-37-38-39-40-42-44-46-48-50-53-56-59-62-65-68-75(79)84-73(66-63-60-57-54-51-24-21-18-15-12-9-3)72(71-83-85(80,81)82-70-69-77(4,5)6)76-74(78)67-64-61-58-55-52-49-47-45-43-41-34-32-30-28-26-23-20-17-14-11-8-2/h19-20,22-23,27-30,33-35,37-38,41,45,47,63,66,72-73H,7-18,21,24-26,31-32,36,39-40,42-44,46,48-62,64-65,67-71H2,1-6H3,(H-,76,78,80,81)/p+1/b22-19-,23-20-,29-27-,30-28-,35-33-,38-37-,41-34-,47-45-,66-63-. The van der Waals surface area contributed by atoms with Crippen LogP contribution in [0.5, 0.6) is 0 Å². The van der Waals surface area contributed by atoms with E-state index in [1.807, 2.05) is 33.3 Å². The summed E-state index contributed by atoms with van der Waals surface area (Å²) in [6.07, 6.45) is 88.1. The van der Waals surface area contributed by atoms with Gasteiger partial charge in [-0.2, -0.15) is 0 Å². The summed E-state index contributed by atoms with van der Waals surface area (Å²) in [4.78, 5) is 37.9. The number of ether oxygens (including phenoxy) is 1. The monoisotopic (exact) mass is 1210 g/mol. The lowest BCUT2D eigenvalue weighted by Crippen LogP contribution is -2.47. The van der Waals surface area contributed by atoms with E-state index in [1.54, 1.807) is 0 Å². The van der Waals surface area contributed by atoms with Gasteiger partial charge in [-0.1, -0.05) is 278 Å². The number of hydrogen-bond acceptors (Lipinski definition) is 6. The molecular formula is C75H134N2O7P+. The first-order valence-corrected chi connectivity index (χ1v) is 36.7. The molecule has 3 unspecified atom stereocenters. The topological polar surface area (TPSA) is 111 Å². The molecule has 0 aromatic carbocycles. The predicted octanol–water partition coefficient (Wildman–Crippen LogP) is 22.5. The maximum atomic E-state index is 13.6. The highest BCUT2D eigenvalue weighted by molar-refractivity contribution is 7.47. The second-order valence-electron chi connectivity index (χ2n) is 24.7. The summed E-state index contributed by atoms with van der Waals surface area (Å²) in [7, 11) is 1.47. The number of unbranched alkanes of at least 4 members (excludes halogenated alkanes) is 31. The molecule has 85 heavy (non-hydrogen) atoms. The first kappa shape index (κ1) is 81.7. The van der Waals surface area contributed by atoms with Crippen LogP contribution in [0.2, 0.25) is 0 Å². The van der Waals surface area contributed by atoms with Gasteiger partial charge in [0.1, 0.15) is 19.3 Å². The van der Waals surface area contributed by atoms with Crippen LogP contribution in [0.4, 0.5) is 0 Å². The summed E-state index contributed by atoms with van der Waals surface area (Å²) in [6.45, 7) is 6.94. The average molecular weight is 1210 g/mol. The van der Waals surface area contributed by atoms with Crippen LogP contribution in [0.3, 0.4) is 0 Å². The number of quaternary nitrogens is 1. The molecule has 10 heteroatoms. The van der Waals surface area contributed by atoms with Crippen LogP contribution >= 0.6 is 7.82 Å². The number of hydrogen-bond donors (Lipinski definition) is 2. The van der Waals surface area contributed by atoms with Gasteiger partial charge in [0, 0.05) is 12.8 Å². The van der Waals surface area contributed by atoms with Gasteiger partial charge in [0.25, 0.3) is 0 Å². The lowest BCUT2D eigenvalue weighted by atomic mass is 10.0. The average Bonchev–Trinajstić information content (AvgIpc) is 3.59. The molecule has 0 saturated carbocycles. The van der Waals surface area contributed by atoms with Crippen LogP contribution in [0.1, 0.15) is 303 Å². The zero-order chi connectivity index (χ0) is 62.1. The number of phosphoric ester groups is 1. The summed E-state index contributed by atoms with van der Waals surface area (Å²) in [5, 5.41) is 3.05. The van der Waals surface area contributed by atoms with Crippen LogP contribution in [0.25, 0.3) is 0 Å². The molecule has 0 aliphatic heterocycles. The Kier molecular flexibility index (Phi) is 61.2. The SMILES string of the molecule is CCCCC/C=C\C/C=C\C/C=C\C/C=C\CCCCCCCCCCCCCC(=O)OC(/C=C\CCCCCCCCCCC)C(COP(=O)(O)OCC[N+](C)(C)C)NC(=O)CCCCCCC/C=C\C/C=C\C/C=C\C/C=C\CCCCC. The van der Waals surface area contributed by atoms with E-state index in [-0.39, 0.29) is 31.5 Å². The Balaban J connectivity index is 5.08. The van der Waals surface area contributed by atoms with Crippen molar-refractivity contribution in [2.45, 2.75) is 315 Å². The number of amides is 1. The number of nitrogens with zero attached hydrogens (tertiary/aromatic N) is 1. The van der Waals surface area contributed by atoms with Gasteiger partial charge in [0.15, 0.2) is 0 Å². The molecule has 0 saturated heterocycles. The van der Waals surface area contributed by atoms with E-state index in [4.69, 9.17) is 13.8 Å². The van der Waals surface area contributed by atoms with Crippen molar-refractivity contribution in [3.63, 3.8) is 0 Å². The molecule has 9 nitrogen and oxygen atoms in total. The Labute approximate surface area is 525 Å². The van der Waals surface area contributed by atoms with Gasteiger partial charge in [-0.3, -0.25) is 18.6 Å². The van der Waals surface area contributed by atoms with E-state index in [2.05, 4.69) is 123 Å². The van der Waals surface area contributed by atoms with Crippen molar-refractivity contribution in [3.05, 3.63) is 109 Å². The van der Waals surface area contributed by atoms with E-state index in [0.717, 1.165) is 116 Å². The van der Waals surface area contributed by atoms with E-state index in [0.29, 0.717) is 17.4 Å². The van der Waals surface area contributed by atoms with Crippen LogP contribution in [0.15, 0.2) is 109 Å². The number of carbonyl (C=O) groups is 2. The van der Waals surface area contributed by atoms with Crippen molar-refractivity contribution < 1.29 is 37.3 Å². The Morgan fingerprint density at radius 2 is 0.718 bits per heavy atom. The Morgan fingerprint density at radius 1 is 0.412 bits per heavy atom. The van der Waals surface area contributed by atoms with Crippen molar-refractivity contribution in [2.24, 2.45) is 0 Å². The maximum Gasteiger partial charge on any atom is 0.472 e. The fourth-order valence-corrected chi connectivity index (χ4v) is 10.5. The number of likely N-dealkylation sites (N-methyl/N-ethyl adjacent to an activating group) is 1. The molecule has 0 aromatic heterocycles. The second-order valence-corrected chi connectivity index (χ2v) is 26.1. The van der Waals surface area contributed by atoms with E-state index in [9.17, 15) is 19.0 Å². The van der Waals surface area contributed by atoms with Crippen molar-refractivity contribution in [3.8, 4) is 0 Å². The molecule has 0 aromatic rings. The molecule has 3 atom stereocenters. The Hall–Kier alpha value is -3.33. The van der Waals surface area contributed by atoms with Gasteiger partial charge in [-0.15, -0.1) is 0 Å². The summed E-state index contributed by atoms with van der Waals surface area (Å²) < 4.78 is 30.8. The van der Waals surface area contributed by atoms with E-state index >= 15 is 0 Å². The Morgan fingerprint density at radius 3 is 1.09 bits per heavy atom. The van der Waals surface area contributed by atoms with Crippen LogP contribution < -0.4 is 5.32 Å². The first-order chi connectivity index (χ1) is 41.4. The fourth-order valence-electron chi connectivity index (χ4n) is 9.73. The van der Waals surface area contributed by atoms with Gasteiger partial charge in [0.2, 0.25) is 5.91 Å². The third kappa shape index (κ3) is 65.0. The highest BCUT2D eigenvalue weighted by Crippen LogP contribution is 2.43. The molecule has 0 aliphatic rings. The number of rotatable bonds is 63. The number of allylic oxidation sites excluding steroid dienone is 17. The normalized spacial score (nSPS) is 14.2. The highest BCUT2D eigenvalue weighted by atomic mass is 31.2. The molecule has 2 N–H and O–H groups in total. The lowest BCUT2D eigenvalue weighted by Gasteiger charge is -2.27. The van der Waals surface area contributed by atoms with Crippen molar-refractivity contribution in [1.29, 1.82) is 0 Å². The molecule has 0 heterocycles. The molecule has 0 radical (unpaired) electrons. The Bertz CT molecular complexity index is 1820. The minimum atomic E-state index is -4.47. The fraction of sp³-hybridized carbons (Fsp3) is 0.733. The number of nitrogens with one attached hydrogen (secondary N) is 1. The minimum absolute atomic E-state index is 0.0309. The lowest BCUT2D eigenvalue weighted by molar-refractivity contribution is -0.870. The molecule has 0 spiro atoms. The zero-order valence-electron chi connectivity index (χ0n) is 56.1. The molecule has 0 rings (SSSR count). The summed E-state index contributed by atoms with van der Waals surface area (Å²) in [5.74, 6) is -0.530. The number of esters is 1. The third-order valence-corrected chi connectivity index (χ3v) is 16.2. The molecule has 0 fully saturated rings. The molecule has 490 valence electrons. The smallest absolute Gasteiger partial charge is 0.456 e. The number of carbonyl (C=O) groups excluding carboxylic acids is 2. The summed E-state index contributed by atoms with van der Waals surface area (Å²) >= 11 is 0.